The lowest BCUT2D eigenvalue weighted by Crippen LogP contribution is -2.29. The summed E-state index contributed by atoms with van der Waals surface area (Å²) in [5.41, 5.74) is 2.91. The van der Waals surface area contributed by atoms with Crippen LogP contribution in [0.1, 0.15) is 41.6 Å². The van der Waals surface area contributed by atoms with Gasteiger partial charge in [-0.25, -0.2) is 9.37 Å². The molecule has 1 aliphatic heterocycles. The van der Waals surface area contributed by atoms with Crippen LogP contribution in [0.4, 0.5) is 9.52 Å². The van der Waals surface area contributed by atoms with E-state index in [1.54, 1.807) is 30.3 Å². The number of aryl methyl sites for hydroxylation is 2. The minimum atomic E-state index is -1.18. The van der Waals surface area contributed by atoms with Crippen LogP contribution in [-0.4, -0.2) is 28.4 Å². The van der Waals surface area contributed by atoms with Crippen LogP contribution in [0.3, 0.4) is 0 Å². The predicted octanol–water partition coefficient (Wildman–Crippen LogP) is 6.47. The van der Waals surface area contributed by atoms with Gasteiger partial charge < -0.3 is 9.84 Å². The first kappa shape index (κ1) is 24.6. The third kappa shape index (κ3) is 4.38. The molecule has 2 heterocycles. The number of hydrogen-bond donors (Lipinski definition) is 1. The SMILES string of the molecule is CCCOc1ccc(/C(O)=C2\C(=O)C(=O)N(c3nc4c(C)cc(C)cc4s3)C2c2ccccc2F)cc1. The molecule has 1 unspecified atom stereocenters. The second kappa shape index (κ2) is 9.78. The largest absolute Gasteiger partial charge is 0.507 e. The standard InChI is InChI=1S/C29H25FN2O4S/c1-4-13-36-19-11-9-18(10-12-19)26(33)23-25(20-7-5-6-8-21(20)30)32(28(35)27(23)34)29-31-24-17(3)14-16(2)15-22(24)37-29/h5-12,14-15,25,33H,4,13H2,1-3H3/b26-23+. The predicted molar refractivity (Wildman–Crippen MR) is 143 cm³/mol. The van der Waals surface area contributed by atoms with Gasteiger partial charge in [0.1, 0.15) is 23.4 Å². The molecule has 188 valence electrons. The Morgan fingerprint density at radius 1 is 1.11 bits per heavy atom. The number of aliphatic hydroxyl groups is 1. The summed E-state index contributed by atoms with van der Waals surface area (Å²) in [6, 6.07) is 15.3. The molecule has 5 rings (SSSR count). The average Bonchev–Trinajstić information content (AvgIpc) is 3.41. The molecule has 37 heavy (non-hydrogen) atoms. The lowest BCUT2D eigenvalue weighted by Gasteiger charge is -2.23. The van der Waals surface area contributed by atoms with Crippen molar-refractivity contribution in [3.63, 3.8) is 0 Å². The number of benzene rings is 3. The molecule has 1 saturated heterocycles. The lowest BCUT2D eigenvalue weighted by atomic mass is 9.95. The molecule has 0 bridgehead atoms. The fraction of sp³-hybridized carbons (Fsp3) is 0.207. The monoisotopic (exact) mass is 516 g/mol. The van der Waals surface area contributed by atoms with Gasteiger partial charge in [-0.05, 0) is 67.8 Å². The fourth-order valence-electron chi connectivity index (χ4n) is 4.57. The molecule has 0 saturated carbocycles. The number of aliphatic hydroxyl groups excluding tert-OH is 1. The Morgan fingerprint density at radius 3 is 2.54 bits per heavy atom. The number of rotatable bonds is 6. The number of carbonyl (C=O) groups excluding carboxylic acids is 2. The summed E-state index contributed by atoms with van der Waals surface area (Å²) < 4.78 is 21.6. The highest BCUT2D eigenvalue weighted by atomic mass is 32.1. The minimum Gasteiger partial charge on any atom is -0.507 e. The third-order valence-corrected chi connectivity index (χ3v) is 7.27. The molecule has 6 nitrogen and oxygen atoms in total. The summed E-state index contributed by atoms with van der Waals surface area (Å²) in [7, 11) is 0. The summed E-state index contributed by atoms with van der Waals surface area (Å²) in [6.07, 6.45) is 0.846. The maximum absolute atomic E-state index is 15.1. The van der Waals surface area contributed by atoms with Gasteiger partial charge in [0, 0.05) is 11.1 Å². The van der Waals surface area contributed by atoms with Gasteiger partial charge in [-0.1, -0.05) is 42.5 Å². The zero-order valence-corrected chi connectivity index (χ0v) is 21.4. The molecule has 0 aliphatic carbocycles. The maximum atomic E-state index is 15.1. The molecule has 8 heteroatoms. The minimum absolute atomic E-state index is 0.0957. The van der Waals surface area contributed by atoms with Crippen molar-refractivity contribution in [2.45, 2.75) is 33.2 Å². The lowest BCUT2D eigenvalue weighted by molar-refractivity contribution is -0.132. The van der Waals surface area contributed by atoms with Crippen LogP contribution in [0.25, 0.3) is 16.0 Å². The summed E-state index contributed by atoms with van der Waals surface area (Å²) >= 11 is 1.25. The number of amides is 1. The Hall–Kier alpha value is -4.04. The van der Waals surface area contributed by atoms with Crippen molar-refractivity contribution in [2.24, 2.45) is 0 Å². The first-order valence-electron chi connectivity index (χ1n) is 12.0. The highest BCUT2D eigenvalue weighted by Crippen LogP contribution is 2.45. The molecule has 1 aliphatic rings. The molecule has 1 aromatic heterocycles. The van der Waals surface area contributed by atoms with Crippen molar-refractivity contribution < 1.29 is 23.8 Å². The first-order chi connectivity index (χ1) is 17.8. The second-order valence-electron chi connectivity index (χ2n) is 8.99. The van der Waals surface area contributed by atoms with Crippen molar-refractivity contribution in [3.8, 4) is 5.75 Å². The Morgan fingerprint density at radius 2 is 1.84 bits per heavy atom. The number of anilines is 1. The zero-order valence-electron chi connectivity index (χ0n) is 20.6. The van der Waals surface area contributed by atoms with E-state index >= 15 is 4.39 Å². The summed E-state index contributed by atoms with van der Waals surface area (Å²) in [5.74, 6) is -2.13. The van der Waals surface area contributed by atoms with E-state index in [-0.39, 0.29) is 22.0 Å². The van der Waals surface area contributed by atoms with Gasteiger partial charge in [-0.2, -0.15) is 0 Å². The number of carbonyl (C=O) groups is 2. The van der Waals surface area contributed by atoms with Gasteiger partial charge in [0.05, 0.1) is 22.4 Å². The van der Waals surface area contributed by atoms with Crippen LogP contribution in [0.5, 0.6) is 5.75 Å². The van der Waals surface area contributed by atoms with Crippen molar-refractivity contribution >= 4 is 44.1 Å². The van der Waals surface area contributed by atoms with Gasteiger partial charge in [0.2, 0.25) is 0 Å². The van der Waals surface area contributed by atoms with Gasteiger partial charge in [0.25, 0.3) is 5.78 Å². The maximum Gasteiger partial charge on any atom is 0.301 e. The molecule has 1 N–H and O–H groups in total. The normalized spacial score (nSPS) is 17.1. The van der Waals surface area contributed by atoms with Crippen molar-refractivity contribution in [2.75, 3.05) is 11.5 Å². The van der Waals surface area contributed by atoms with Gasteiger partial charge in [-0.15, -0.1) is 0 Å². The first-order valence-corrected chi connectivity index (χ1v) is 12.8. The molecule has 1 amide bonds. The number of thiazole rings is 1. The van der Waals surface area contributed by atoms with Crippen LogP contribution in [0.15, 0.2) is 66.2 Å². The van der Waals surface area contributed by atoms with Crippen LogP contribution >= 0.6 is 11.3 Å². The summed E-state index contributed by atoms with van der Waals surface area (Å²) in [5, 5.41) is 11.5. The van der Waals surface area contributed by atoms with E-state index < -0.39 is 23.5 Å². The van der Waals surface area contributed by atoms with Crippen LogP contribution in [0, 0.1) is 19.7 Å². The van der Waals surface area contributed by atoms with E-state index in [0.717, 1.165) is 22.2 Å². The molecule has 4 aromatic rings. The fourth-order valence-corrected chi connectivity index (χ4v) is 5.74. The van der Waals surface area contributed by atoms with Crippen molar-refractivity contribution in [3.05, 3.63) is 94.3 Å². The van der Waals surface area contributed by atoms with Crippen LogP contribution < -0.4 is 9.64 Å². The quantitative estimate of drug-likeness (QED) is 0.181. The van der Waals surface area contributed by atoms with Crippen LogP contribution in [0.2, 0.25) is 0 Å². The Bertz CT molecular complexity index is 1560. The number of ether oxygens (including phenoxy) is 1. The average molecular weight is 517 g/mol. The Labute approximate surface area is 217 Å². The van der Waals surface area contributed by atoms with Gasteiger partial charge >= 0.3 is 5.91 Å². The number of Topliss-reactive ketones (excluding diaryl/α,β-unsaturated/α-hetero) is 1. The smallest absolute Gasteiger partial charge is 0.301 e. The van der Waals surface area contributed by atoms with Crippen molar-refractivity contribution in [1.82, 2.24) is 4.98 Å². The molecule has 0 spiro atoms. The summed E-state index contributed by atoms with van der Waals surface area (Å²) in [6.45, 7) is 6.44. The molecule has 1 fully saturated rings. The van der Waals surface area contributed by atoms with Crippen molar-refractivity contribution in [1.29, 1.82) is 0 Å². The van der Waals surface area contributed by atoms with Gasteiger partial charge in [-0.3, -0.25) is 14.5 Å². The molecule has 3 aromatic carbocycles. The number of halogens is 1. The highest BCUT2D eigenvalue weighted by Gasteiger charge is 2.49. The molecular weight excluding hydrogens is 491 g/mol. The number of ketones is 1. The number of aromatic nitrogens is 1. The van der Waals surface area contributed by atoms with E-state index in [2.05, 4.69) is 4.98 Å². The number of nitrogens with zero attached hydrogens (tertiary/aromatic N) is 2. The van der Waals surface area contributed by atoms with Crippen LogP contribution in [-0.2, 0) is 9.59 Å². The summed E-state index contributed by atoms with van der Waals surface area (Å²) in [4.78, 5) is 32.6. The van der Waals surface area contributed by atoms with E-state index in [4.69, 9.17) is 4.74 Å². The number of hydrogen-bond acceptors (Lipinski definition) is 6. The highest BCUT2D eigenvalue weighted by molar-refractivity contribution is 7.22. The van der Waals surface area contributed by atoms with Gasteiger partial charge in [0.15, 0.2) is 5.13 Å². The zero-order chi connectivity index (χ0) is 26.3. The van der Waals surface area contributed by atoms with E-state index in [1.165, 1.54) is 34.4 Å². The topological polar surface area (TPSA) is 79.7 Å². The number of fused-ring (bicyclic) bond motifs is 1. The molecular formula is C29H25FN2O4S. The Kier molecular flexibility index (Phi) is 6.52. The molecule has 0 radical (unpaired) electrons. The third-order valence-electron chi connectivity index (χ3n) is 6.27. The molecule has 1 atom stereocenters. The van der Waals surface area contributed by atoms with E-state index in [0.29, 0.717) is 23.4 Å². The van der Waals surface area contributed by atoms with E-state index in [9.17, 15) is 14.7 Å². The second-order valence-corrected chi connectivity index (χ2v) is 10.00. The Balaban J connectivity index is 1.68. The van der Waals surface area contributed by atoms with E-state index in [1.807, 2.05) is 32.9 Å².